The van der Waals surface area contributed by atoms with Crippen molar-refractivity contribution in [1.82, 2.24) is 9.88 Å². The van der Waals surface area contributed by atoms with Crippen molar-refractivity contribution in [2.45, 2.75) is 6.42 Å². The van der Waals surface area contributed by atoms with E-state index in [4.69, 9.17) is 5.73 Å². The Balaban J connectivity index is 2.35. The smallest absolute Gasteiger partial charge is 0.338 e. The van der Waals surface area contributed by atoms with Crippen molar-refractivity contribution in [2.75, 3.05) is 37.3 Å². The number of carbonyl (C=O) groups excluding carboxylic acids is 1. The molecule has 1 aromatic heterocycles. The third-order valence-corrected chi connectivity index (χ3v) is 3.15. The zero-order valence-electron chi connectivity index (χ0n) is 10.7. The van der Waals surface area contributed by atoms with Gasteiger partial charge in [0.1, 0.15) is 5.82 Å². The van der Waals surface area contributed by atoms with Crippen molar-refractivity contribution in [1.29, 1.82) is 0 Å². The minimum atomic E-state index is -1.07. The second kappa shape index (κ2) is 5.13. The van der Waals surface area contributed by atoms with Crippen LogP contribution in [0.5, 0.6) is 0 Å². The van der Waals surface area contributed by atoms with Gasteiger partial charge in [-0.1, -0.05) is 0 Å². The van der Waals surface area contributed by atoms with Gasteiger partial charge in [-0.2, -0.15) is 0 Å². The molecule has 0 aromatic carbocycles. The number of hydrogen-bond donors (Lipinski definition) is 2. The maximum absolute atomic E-state index is 11.8. The van der Waals surface area contributed by atoms with E-state index in [2.05, 4.69) is 4.98 Å². The van der Waals surface area contributed by atoms with Crippen molar-refractivity contribution < 1.29 is 14.7 Å². The lowest BCUT2D eigenvalue weighted by Gasteiger charge is -2.23. The number of hydrogen-bond acceptors (Lipinski definition) is 5. The van der Waals surface area contributed by atoms with Gasteiger partial charge in [0.25, 0.3) is 0 Å². The van der Waals surface area contributed by atoms with E-state index in [1.807, 2.05) is 0 Å². The molecular weight excluding hydrogens is 248 g/mol. The van der Waals surface area contributed by atoms with Gasteiger partial charge in [0, 0.05) is 20.1 Å². The maximum atomic E-state index is 11.8. The van der Waals surface area contributed by atoms with E-state index >= 15 is 0 Å². The van der Waals surface area contributed by atoms with Crippen LogP contribution in [0.25, 0.3) is 0 Å². The average molecular weight is 264 g/mol. The molecule has 2 rings (SSSR count). The zero-order chi connectivity index (χ0) is 14.0. The van der Waals surface area contributed by atoms with Crippen molar-refractivity contribution >= 4 is 23.4 Å². The SMILES string of the molecule is CN1CCCN(c2cnc(N)cc2C(=O)O)CC1=O. The first-order valence-corrected chi connectivity index (χ1v) is 5.97. The monoisotopic (exact) mass is 264 g/mol. The normalized spacial score (nSPS) is 16.4. The number of rotatable bonds is 2. The molecule has 7 heteroatoms. The average Bonchev–Trinajstić information content (AvgIpc) is 2.52. The van der Waals surface area contributed by atoms with Crippen LogP contribution in [0.1, 0.15) is 16.8 Å². The number of likely N-dealkylation sites (N-methyl/N-ethyl adjacent to an activating group) is 1. The second-order valence-corrected chi connectivity index (χ2v) is 4.52. The fraction of sp³-hybridized carbons (Fsp3) is 0.417. The van der Waals surface area contributed by atoms with E-state index in [-0.39, 0.29) is 23.8 Å². The predicted octanol–water partition coefficient (Wildman–Crippen LogP) is 0.0305. The molecule has 1 aliphatic rings. The number of nitrogen functional groups attached to an aromatic ring is 1. The highest BCUT2D eigenvalue weighted by Crippen LogP contribution is 2.22. The summed E-state index contributed by atoms with van der Waals surface area (Å²) in [6, 6.07) is 1.32. The van der Waals surface area contributed by atoms with Crippen LogP contribution in [0.15, 0.2) is 12.3 Å². The summed E-state index contributed by atoms with van der Waals surface area (Å²) in [5.74, 6) is -0.959. The number of carboxylic acid groups (broad SMARTS) is 1. The van der Waals surface area contributed by atoms with Crippen LogP contribution < -0.4 is 10.6 Å². The molecule has 1 saturated heterocycles. The van der Waals surface area contributed by atoms with Gasteiger partial charge < -0.3 is 20.6 Å². The first kappa shape index (κ1) is 13.1. The minimum Gasteiger partial charge on any atom is -0.478 e. The first-order chi connectivity index (χ1) is 8.99. The summed E-state index contributed by atoms with van der Waals surface area (Å²) < 4.78 is 0. The summed E-state index contributed by atoms with van der Waals surface area (Å²) in [4.78, 5) is 30.4. The molecule has 2 heterocycles. The topological polar surface area (TPSA) is 99.8 Å². The Morgan fingerprint density at radius 2 is 2.21 bits per heavy atom. The molecule has 3 N–H and O–H groups in total. The fourth-order valence-corrected chi connectivity index (χ4v) is 2.08. The molecule has 0 atom stereocenters. The molecule has 1 aromatic rings. The quantitative estimate of drug-likeness (QED) is 0.781. The first-order valence-electron chi connectivity index (χ1n) is 5.97. The fourth-order valence-electron chi connectivity index (χ4n) is 2.08. The van der Waals surface area contributed by atoms with Gasteiger partial charge in [-0.05, 0) is 12.5 Å². The number of nitrogens with two attached hydrogens (primary N) is 1. The highest BCUT2D eigenvalue weighted by molar-refractivity contribution is 5.96. The number of carbonyl (C=O) groups is 2. The van der Waals surface area contributed by atoms with Gasteiger partial charge in [-0.25, -0.2) is 9.78 Å². The van der Waals surface area contributed by atoms with E-state index in [9.17, 15) is 14.7 Å². The molecule has 19 heavy (non-hydrogen) atoms. The molecule has 7 nitrogen and oxygen atoms in total. The van der Waals surface area contributed by atoms with Crippen LogP contribution in [0.2, 0.25) is 0 Å². The molecule has 0 aliphatic carbocycles. The molecular formula is C12H16N4O3. The number of aromatic nitrogens is 1. The summed E-state index contributed by atoms with van der Waals surface area (Å²) in [7, 11) is 1.74. The molecule has 1 fully saturated rings. The van der Waals surface area contributed by atoms with Crippen LogP contribution in [-0.2, 0) is 4.79 Å². The van der Waals surface area contributed by atoms with Gasteiger partial charge in [0.2, 0.25) is 5.91 Å². The summed E-state index contributed by atoms with van der Waals surface area (Å²) in [6.45, 7) is 1.43. The third kappa shape index (κ3) is 2.75. The standard InChI is InChI=1S/C12H16N4O3/c1-15-3-2-4-16(7-11(15)17)9-6-14-10(13)5-8(9)12(18)19/h5-6H,2-4,7H2,1H3,(H2,13,14)(H,18,19). The Bertz CT molecular complexity index is 518. The highest BCUT2D eigenvalue weighted by Gasteiger charge is 2.23. The largest absolute Gasteiger partial charge is 0.478 e. The maximum Gasteiger partial charge on any atom is 0.338 e. The summed E-state index contributed by atoms with van der Waals surface area (Å²) in [6.07, 6.45) is 2.20. The summed E-state index contributed by atoms with van der Waals surface area (Å²) in [5.41, 5.74) is 6.02. The van der Waals surface area contributed by atoms with Gasteiger partial charge in [-0.3, -0.25) is 4.79 Å². The van der Waals surface area contributed by atoms with Crippen LogP contribution >= 0.6 is 0 Å². The van der Waals surface area contributed by atoms with Crippen molar-refractivity contribution in [3.8, 4) is 0 Å². The molecule has 102 valence electrons. The van der Waals surface area contributed by atoms with Crippen LogP contribution in [0.4, 0.5) is 11.5 Å². The van der Waals surface area contributed by atoms with Crippen LogP contribution in [0, 0.1) is 0 Å². The molecule has 0 unspecified atom stereocenters. The number of carboxylic acids is 1. The van der Waals surface area contributed by atoms with E-state index in [1.54, 1.807) is 16.8 Å². The Morgan fingerprint density at radius 3 is 2.89 bits per heavy atom. The highest BCUT2D eigenvalue weighted by atomic mass is 16.4. The molecule has 0 saturated carbocycles. The van der Waals surface area contributed by atoms with Crippen molar-refractivity contribution in [2.24, 2.45) is 0 Å². The number of pyridine rings is 1. The lowest BCUT2D eigenvalue weighted by molar-refractivity contribution is -0.127. The lowest BCUT2D eigenvalue weighted by atomic mass is 10.2. The van der Waals surface area contributed by atoms with E-state index in [0.29, 0.717) is 18.8 Å². The Kier molecular flexibility index (Phi) is 3.55. The minimum absolute atomic E-state index is 0.0364. The predicted molar refractivity (Wildman–Crippen MR) is 70.1 cm³/mol. The lowest BCUT2D eigenvalue weighted by Crippen LogP contribution is -2.35. The summed E-state index contributed by atoms with van der Waals surface area (Å²) >= 11 is 0. The molecule has 0 spiro atoms. The van der Waals surface area contributed by atoms with Gasteiger partial charge >= 0.3 is 5.97 Å². The van der Waals surface area contributed by atoms with E-state index < -0.39 is 5.97 Å². The van der Waals surface area contributed by atoms with Gasteiger partial charge in [0.15, 0.2) is 0 Å². The third-order valence-electron chi connectivity index (χ3n) is 3.15. The molecule has 1 amide bonds. The molecule has 0 bridgehead atoms. The molecule has 0 radical (unpaired) electrons. The van der Waals surface area contributed by atoms with Gasteiger partial charge in [0.05, 0.1) is 24.0 Å². The second-order valence-electron chi connectivity index (χ2n) is 4.52. The van der Waals surface area contributed by atoms with Gasteiger partial charge in [-0.15, -0.1) is 0 Å². The number of anilines is 2. The Hall–Kier alpha value is -2.31. The Labute approximate surface area is 110 Å². The number of aromatic carboxylic acids is 1. The van der Waals surface area contributed by atoms with Crippen molar-refractivity contribution in [3.63, 3.8) is 0 Å². The van der Waals surface area contributed by atoms with Crippen LogP contribution in [0.3, 0.4) is 0 Å². The summed E-state index contributed by atoms with van der Waals surface area (Å²) in [5, 5.41) is 9.20. The van der Waals surface area contributed by atoms with E-state index in [0.717, 1.165) is 6.42 Å². The zero-order valence-corrected chi connectivity index (χ0v) is 10.7. The Morgan fingerprint density at radius 1 is 1.47 bits per heavy atom. The van der Waals surface area contributed by atoms with Crippen LogP contribution in [-0.4, -0.2) is 53.5 Å². The van der Waals surface area contributed by atoms with E-state index in [1.165, 1.54) is 12.3 Å². The molecule has 1 aliphatic heterocycles. The number of nitrogens with zero attached hydrogens (tertiary/aromatic N) is 3. The van der Waals surface area contributed by atoms with Crippen molar-refractivity contribution in [3.05, 3.63) is 17.8 Å². The number of amides is 1.